The second kappa shape index (κ2) is 4.97. The van der Waals surface area contributed by atoms with Gasteiger partial charge in [0.15, 0.2) is 7.38 Å². The van der Waals surface area contributed by atoms with Crippen LogP contribution >= 0.6 is 22.8 Å². The highest BCUT2D eigenvalue weighted by molar-refractivity contribution is 8.01. The minimum atomic E-state index is -4.32. The molecule has 0 atom stereocenters. The van der Waals surface area contributed by atoms with E-state index in [4.69, 9.17) is 11.1 Å². The molecule has 0 bridgehead atoms. The van der Waals surface area contributed by atoms with Crippen molar-refractivity contribution >= 4 is 30.2 Å². The van der Waals surface area contributed by atoms with Crippen LogP contribution in [-0.4, -0.2) is 17.7 Å². The first-order chi connectivity index (χ1) is 7.18. The zero-order chi connectivity index (χ0) is 12.4. The quantitative estimate of drug-likeness (QED) is 0.469. The predicted molar refractivity (Wildman–Crippen MR) is 63.3 cm³/mol. The number of nitrogens with zero attached hydrogens (tertiary/aromatic N) is 1. The summed E-state index contributed by atoms with van der Waals surface area (Å²) >= 11 is 7.50. The van der Waals surface area contributed by atoms with Crippen molar-refractivity contribution in [3.05, 3.63) is 23.9 Å². The van der Waals surface area contributed by atoms with Crippen molar-refractivity contribution in [1.82, 2.24) is 4.98 Å². The number of aromatic nitrogens is 1. The third-order valence-electron chi connectivity index (χ3n) is 1.63. The fourth-order valence-corrected chi connectivity index (χ4v) is 3.63. The molecule has 0 amide bonds. The first kappa shape index (κ1) is 13.9. The number of alkyl halides is 3. The topological polar surface area (TPSA) is 12.9 Å². The van der Waals surface area contributed by atoms with Crippen LogP contribution in [0.15, 0.2) is 23.4 Å². The smallest absolute Gasteiger partial charge is 0.249 e. The first-order valence-electron chi connectivity index (χ1n) is 4.53. The lowest BCUT2D eigenvalue weighted by Crippen LogP contribution is -2.20. The Hall–Kier alpha value is -0.203. The molecule has 0 radical (unpaired) electrons. The zero-order valence-corrected chi connectivity index (χ0v) is 11.4. The largest absolute Gasteiger partial charge is 0.417 e. The lowest BCUT2D eigenvalue weighted by Gasteiger charge is -2.11. The van der Waals surface area contributed by atoms with E-state index < -0.39 is 19.1 Å². The SMILES string of the molecule is C[Si](C)(Cl)CSc1ccc(C(F)(F)F)cn1. The van der Waals surface area contributed by atoms with Crippen LogP contribution in [0, 0.1) is 0 Å². The summed E-state index contributed by atoms with van der Waals surface area (Å²) in [6.07, 6.45) is -3.47. The normalized spacial score (nSPS) is 12.9. The number of halogens is 4. The van der Waals surface area contributed by atoms with Gasteiger partial charge in [-0.1, -0.05) is 13.1 Å². The van der Waals surface area contributed by atoms with Crippen molar-refractivity contribution in [1.29, 1.82) is 0 Å². The van der Waals surface area contributed by atoms with Crippen molar-refractivity contribution in [2.75, 3.05) is 5.38 Å². The van der Waals surface area contributed by atoms with Gasteiger partial charge in [-0.3, -0.25) is 0 Å². The molecule has 1 nitrogen and oxygen atoms in total. The Kier molecular flexibility index (Phi) is 4.31. The molecule has 0 aromatic carbocycles. The van der Waals surface area contributed by atoms with E-state index in [0.717, 1.165) is 17.6 Å². The first-order valence-corrected chi connectivity index (χ1v) is 9.74. The number of pyridine rings is 1. The van der Waals surface area contributed by atoms with Crippen molar-refractivity contribution in [2.45, 2.75) is 24.3 Å². The van der Waals surface area contributed by atoms with E-state index in [1.165, 1.54) is 17.8 Å². The van der Waals surface area contributed by atoms with E-state index in [2.05, 4.69) is 4.98 Å². The zero-order valence-electron chi connectivity index (χ0n) is 8.81. The van der Waals surface area contributed by atoms with Crippen LogP contribution in [-0.2, 0) is 6.18 Å². The van der Waals surface area contributed by atoms with Crippen LogP contribution in [0.3, 0.4) is 0 Å². The molecule has 90 valence electrons. The van der Waals surface area contributed by atoms with E-state index in [-0.39, 0.29) is 0 Å². The standard InChI is InChI=1S/C9H11ClF3NSSi/c1-16(2,10)6-15-8-4-3-7(5-14-8)9(11,12)13/h3-5H,6H2,1-2H3. The van der Waals surface area contributed by atoms with Gasteiger partial charge < -0.3 is 0 Å². The van der Waals surface area contributed by atoms with E-state index >= 15 is 0 Å². The minimum absolute atomic E-state index is 0.578. The summed E-state index contributed by atoms with van der Waals surface area (Å²) in [7, 11) is -1.72. The van der Waals surface area contributed by atoms with Crippen molar-refractivity contribution in [3.63, 3.8) is 0 Å². The summed E-state index contributed by atoms with van der Waals surface area (Å²) in [6.45, 7) is 3.96. The van der Waals surface area contributed by atoms with Gasteiger partial charge in [0.1, 0.15) is 0 Å². The fraction of sp³-hybridized carbons (Fsp3) is 0.444. The van der Waals surface area contributed by atoms with Gasteiger partial charge in [0.05, 0.1) is 10.6 Å². The number of thioether (sulfide) groups is 1. The minimum Gasteiger partial charge on any atom is -0.249 e. The van der Waals surface area contributed by atoms with Crippen LogP contribution in [0.4, 0.5) is 13.2 Å². The molecule has 1 aromatic rings. The van der Waals surface area contributed by atoms with Crippen molar-refractivity contribution in [2.24, 2.45) is 0 Å². The van der Waals surface area contributed by atoms with Gasteiger partial charge in [-0.2, -0.15) is 24.3 Å². The highest BCUT2D eigenvalue weighted by Crippen LogP contribution is 2.30. The maximum atomic E-state index is 12.2. The Morgan fingerprint density at radius 2 is 2.00 bits per heavy atom. The Bertz CT molecular complexity index is 347. The molecule has 0 unspecified atom stereocenters. The van der Waals surface area contributed by atoms with E-state index in [0.29, 0.717) is 5.03 Å². The van der Waals surface area contributed by atoms with Gasteiger partial charge in [-0.25, -0.2) is 4.98 Å². The van der Waals surface area contributed by atoms with Gasteiger partial charge in [-0.05, 0) is 12.1 Å². The van der Waals surface area contributed by atoms with Gasteiger partial charge in [0.2, 0.25) is 0 Å². The second-order valence-corrected chi connectivity index (χ2v) is 12.3. The van der Waals surface area contributed by atoms with E-state index in [1.807, 2.05) is 13.1 Å². The second-order valence-electron chi connectivity index (χ2n) is 3.89. The molecule has 0 N–H and O–H groups in total. The molecule has 0 aliphatic rings. The highest BCUT2D eigenvalue weighted by atomic mass is 35.6. The number of rotatable bonds is 3. The Morgan fingerprint density at radius 3 is 2.38 bits per heavy atom. The summed E-state index contributed by atoms with van der Waals surface area (Å²) in [5, 5.41) is 1.31. The Balaban J connectivity index is 2.66. The maximum Gasteiger partial charge on any atom is 0.417 e. The molecule has 1 heterocycles. The third kappa shape index (κ3) is 4.76. The Morgan fingerprint density at radius 1 is 1.38 bits per heavy atom. The van der Waals surface area contributed by atoms with Gasteiger partial charge >= 0.3 is 6.18 Å². The summed E-state index contributed by atoms with van der Waals surface area (Å²) in [5.41, 5.74) is -0.723. The molecule has 7 heteroatoms. The lowest BCUT2D eigenvalue weighted by atomic mass is 10.3. The molecular weight excluding hydrogens is 275 g/mol. The number of hydrogen-bond donors (Lipinski definition) is 0. The molecule has 0 saturated carbocycles. The molecule has 16 heavy (non-hydrogen) atoms. The van der Waals surface area contributed by atoms with Crippen molar-refractivity contribution < 1.29 is 13.2 Å². The maximum absolute atomic E-state index is 12.2. The summed E-state index contributed by atoms with van der Waals surface area (Å²) in [6, 6.07) is 2.42. The summed E-state index contributed by atoms with van der Waals surface area (Å²) in [5.74, 6) is 0. The van der Waals surface area contributed by atoms with Gasteiger partial charge in [-0.15, -0.1) is 11.8 Å². The summed E-state index contributed by atoms with van der Waals surface area (Å²) < 4.78 is 36.7. The monoisotopic (exact) mass is 285 g/mol. The molecule has 0 fully saturated rings. The molecular formula is C9H11ClF3NSSi. The third-order valence-corrected chi connectivity index (χ3v) is 6.47. The predicted octanol–water partition coefficient (Wildman–Crippen LogP) is 4.18. The lowest BCUT2D eigenvalue weighted by molar-refractivity contribution is -0.137. The molecule has 0 saturated heterocycles. The molecule has 1 rings (SSSR count). The fourth-order valence-electron chi connectivity index (χ4n) is 0.879. The molecule has 0 aliphatic heterocycles. The van der Waals surface area contributed by atoms with Crippen LogP contribution < -0.4 is 0 Å². The van der Waals surface area contributed by atoms with Gasteiger partial charge in [0, 0.05) is 11.6 Å². The van der Waals surface area contributed by atoms with Crippen LogP contribution in [0.2, 0.25) is 13.1 Å². The molecule has 1 aromatic heterocycles. The van der Waals surface area contributed by atoms with Crippen molar-refractivity contribution in [3.8, 4) is 0 Å². The van der Waals surface area contributed by atoms with Crippen LogP contribution in [0.1, 0.15) is 5.56 Å². The number of hydrogen-bond acceptors (Lipinski definition) is 2. The van der Waals surface area contributed by atoms with Crippen LogP contribution in [0.25, 0.3) is 0 Å². The highest BCUT2D eigenvalue weighted by Gasteiger charge is 2.30. The van der Waals surface area contributed by atoms with E-state index in [1.54, 1.807) is 0 Å². The van der Waals surface area contributed by atoms with E-state index in [9.17, 15) is 13.2 Å². The molecule has 0 spiro atoms. The average Bonchev–Trinajstić information content (AvgIpc) is 2.13. The average molecular weight is 286 g/mol. The van der Waals surface area contributed by atoms with Gasteiger partial charge in [0.25, 0.3) is 0 Å². The van der Waals surface area contributed by atoms with Crippen LogP contribution in [0.5, 0.6) is 0 Å². The summed E-state index contributed by atoms with van der Waals surface area (Å²) in [4.78, 5) is 3.75. The molecule has 0 aliphatic carbocycles. The Labute approximate surface area is 102 Å².